The molecule has 0 unspecified atom stereocenters. The van der Waals surface area contributed by atoms with Gasteiger partial charge in [0.25, 0.3) is 11.7 Å². The molecule has 140 valence electrons. The van der Waals surface area contributed by atoms with E-state index >= 15 is 0 Å². The third-order valence-corrected chi connectivity index (χ3v) is 4.81. The first-order valence-electron chi connectivity index (χ1n) is 8.97. The molecular weight excluding hydrogens is 354 g/mol. The van der Waals surface area contributed by atoms with E-state index in [9.17, 15) is 9.59 Å². The highest BCUT2D eigenvalue weighted by atomic mass is 16.3. The third kappa shape index (κ3) is 3.09. The van der Waals surface area contributed by atoms with Crippen molar-refractivity contribution in [2.45, 2.75) is 19.9 Å². The average Bonchev–Trinajstić information content (AvgIpc) is 3.37. The molecule has 0 bridgehead atoms. The standard InChI is InChI=1S/C22H19N3O3/c1-14(24-22(27)21(26)20-11-6-12-28-20)18-13-23-25(15(18)2)19-10-5-8-16-7-3-4-9-17(16)19/h3-14H,1-2H3,(H,24,27)/t14-/m0/s1. The van der Waals surface area contributed by atoms with Crippen LogP contribution in [0, 0.1) is 6.92 Å². The molecule has 0 saturated heterocycles. The largest absolute Gasteiger partial charge is 0.461 e. The smallest absolute Gasteiger partial charge is 0.296 e. The van der Waals surface area contributed by atoms with E-state index in [0.29, 0.717) is 0 Å². The summed E-state index contributed by atoms with van der Waals surface area (Å²) < 4.78 is 6.86. The maximum absolute atomic E-state index is 12.2. The van der Waals surface area contributed by atoms with Gasteiger partial charge in [-0.25, -0.2) is 4.68 Å². The molecule has 2 aromatic heterocycles. The normalized spacial score (nSPS) is 12.1. The number of rotatable bonds is 5. The van der Waals surface area contributed by atoms with Crippen LogP contribution in [0.5, 0.6) is 0 Å². The van der Waals surface area contributed by atoms with Crippen molar-refractivity contribution in [1.82, 2.24) is 15.1 Å². The second-order valence-electron chi connectivity index (χ2n) is 6.60. The first kappa shape index (κ1) is 17.7. The SMILES string of the molecule is Cc1c([C@H](C)NC(=O)C(=O)c2ccco2)cnn1-c1cccc2ccccc12. The van der Waals surface area contributed by atoms with E-state index in [0.717, 1.165) is 27.7 Å². The van der Waals surface area contributed by atoms with Crippen LogP contribution >= 0.6 is 0 Å². The van der Waals surface area contributed by atoms with Gasteiger partial charge in [-0.05, 0) is 37.4 Å². The summed E-state index contributed by atoms with van der Waals surface area (Å²) in [4.78, 5) is 24.3. The van der Waals surface area contributed by atoms with Crippen LogP contribution in [-0.4, -0.2) is 21.5 Å². The lowest BCUT2D eigenvalue weighted by Crippen LogP contribution is -2.33. The number of carbonyl (C=O) groups excluding carboxylic acids is 2. The van der Waals surface area contributed by atoms with Crippen molar-refractivity contribution >= 4 is 22.5 Å². The number of furan rings is 1. The van der Waals surface area contributed by atoms with Crippen molar-refractivity contribution < 1.29 is 14.0 Å². The maximum Gasteiger partial charge on any atom is 0.296 e. The third-order valence-electron chi connectivity index (χ3n) is 4.81. The summed E-state index contributed by atoms with van der Waals surface area (Å²) in [6.07, 6.45) is 3.09. The summed E-state index contributed by atoms with van der Waals surface area (Å²) in [5.41, 5.74) is 2.70. The average molecular weight is 373 g/mol. The minimum Gasteiger partial charge on any atom is -0.461 e. The summed E-state index contributed by atoms with van der Waals surface area (Å²) in [6, 6.07) is 16.8. The van der Waals surface area contributed by atoms with E-state index in [4.69, 9.17) is 4.42 Å². The molecule has 0 fully saturated rings. The van der Waals surface area contributed by atoms with Crippen molar-refractivity contribution in [3.05, 3.63) is 84.1 Å². The summed E-state index contributed by atoms with van der Waals surface area (Å²) in [5, 5.41) is 9.46. The predicted molar refractivity (Wildman–Crippen MR) is 105 cm³/mol. The van der Waals surface area contributed by atoms with Gasteiger partial charge in [0.1, 0.15) is 0 Å². The molecule has 1 amide bonds. The fourth-order valence-electron chi connectivity index (χ4n) is 3.34. The van der Waals surface area contributed by atoms with Crippen molar-refractivity contribution in [2.24, 2.45) is 0 Å². The first-order chi connectivity index (χ1) is 13.6. The van der Waals surface area contributed by atoms with E-state index in [1.807, 2.05) is 42.8 Å². The highest BCUT2D eigenvalue weighted by Crippen LogP contribution is 2.25. The van der Waals surface area contributed by atoms with Crippen LogP contribution in [0.4, 0.5) is 0 Å². The van der Waals surface area contributed by atoms with Gasteiger partial charge in [-0.15, -0.1) is 0 Å². The zero-order valence-electron chi connectivity index (χ0n) is 15.5. The number of ketones is 1. The molecule has 0 radical (unpaired) electrons. The lowest BCUT2D eigenvalue weighted by molar-refractivity contribution is -0.117. The number of carbonyl (C=O) groups is 2. The summed E-state index contributed by atoms with van der Waals surface area (Å²) >= 11 is 0. The molecule has 1 atom stereocenters. The van der Waals surface area contributed by atoms with Crippen LogP contribution in [0.15, 0.2) is 71.5 Å². The molecule has 0 saturated carbocycles. The summed E-state index contributed by atoms with van der Waals surface area (Å²) in [7, 11) is 0. The van der Waals surface area contributed by atoms with E-state index < -0.39 is 11.7 Å². The summed E-state index contributed by atoms with van der Waals surface area (Å²) in [6.45, 7) is 3.77. The maximum atomic E-state index is 12.2. The number of amides is 1. The molecule has 6 heteroatoms. The Hall–Kier alpha value is -3.67. The summed E-state index contributed by atoms with van der Waals surface area (Å²) in [5.74, 6) is -1.39. The number of aromatic nitrogens is 2. The van der Waals surface area contributed by atoms with Gasteiger partial charge in [0.15, 0.2) is 5.76 Å². The van der Waals surface area contributed by atoms with Crippen LogP contribution in [0.3, 0.4) is 0 Å². The predicted octanol–water partition coefficient (Wildman–Crippen LogP) is 3.99. The Labute approximate surface area is 161 Å². The Kier molecular flexibility index (Phi) is 4.53. The lowest BCUT2D eigenvalue weighted by Gasteiger charge is -2.14. The molecule has 6 nitrogen and oxygen atoms in total. The highest BCUT2D eigenvalue weighted by molar-refractivity contribution is 6.42. The van der Waals surface area contributed by atoms with Crippen LogP contribution in [-0.2, 0) is 4.79 Å². The highest BCUT2D eigenvalue weighted by Gasteiger charge is 2.23. The monoisotopic (exact) mass is 373 g/mol. The van der Waals surface area contributed by atoms with Gasteiger partial charge in [-0.3, -0.25) is 9.59 Å². The number of nitrogens with one attached hydrogen (secondary N) is 1. The van der Waals surface area contributed by atoms with Crippen molar-refractivity contribution in [3.63, 3.8) is 0 Å². The van der Waals surface area contributed by atoms with Crippen molar-refractivity contribution in [2.75, 3.05) is 0 Å². The Balaban J connectivity index is 1.61. The van der Waals surface area contributed by atoms with Crippen LogP contribution < -0.4 is 5.32 Å². The quantitative estimate of drug-likeness (QED) is 0.424. The van der Waals surface area contributed by atoms with Crippen molar-refractivity contribution in [3.8, 4) is 5.69 Å². The number of hydrogen-bond donors (Lipinski definition) is 1. The second-order valence-corrected chi connectivity index (χ2v) is 6.60. The van der Waals surface area contributed by atoms with E-state index in [2.05, 4.69) is 28.6 Å². The van der Waals surface area contributed by atoms with Gasteiger partial charge in [-0.1, -0.05) is 36.4 Å². The van der Waals surface area contributed by atoms with Crippen molar-refractivity contribution in [1.29, 1.82) is 0 Å². The molecule has 4 rings (SSSR count). The fraction of sp³-hybridized carbons (Fsp3) is 0.136. The number of nitrogens with zero attached hydrogens (tertiary/aromatic N) is 2. The lowest BCUT2D eigenvalue weighted by atomic mass is 10.1. The molecule has 28 heavy (non-hydrogen) atoms. The number of hydrogen-bond acceptors (Lipinski definition) is 4. The van der Waals surface area contributed by atoms with Gasteiger partial charge in [0.2, 0.25) is 0 Å². The topological polar surface area (TPSA) is 77.1 Å². The molecule has 2 aromatic carbocycles. The van der Waals surface area contributed by atoms with E-state index in [1.165, 1.54) is 12.3 Å². The molecule has 0 aliphatic carbocycles. The van der Waals surface area contributed by atoms with Gasteiger partial charge < -0.3 is 9.73 Å². The van der Waals surface area contributed by atoms with Gasteiger partial charge in [-0.2, -0.15) is 5.10 Å². The number of Topliss-reactive ketones (excluding diaryl/α,β-unsaturated/α-hetero) is 1. The molecule has 0 spiro atoms. The Morgan fingerprint density at radius 2 is 1.86 bits per heavy atom. The van der Waals surface area contributed by atoms with Crippen LogP contribution in [0.2, 0.25) is 0 Å². The van der Waals surface area contributed by atoms with E-state index in [1.54, 1.807) is 12.3 Å². The number of benzene rings is 2. The Bertz CT molecular complexity index is 1150. The minimum atomic E-state index is -0.709. The van der Waals surface area contributed by atoms with Gasteiger partial charge >= 0.3 is 0 Å². The van der Waals surface area contributed by atoms with E-state index in [-0.39, 0.29) is 11.8 Å². The molecular formula is C22H19N3O3. The molecule has 0 aliphatic heterocycles. The number of fused-ring (bicyclic) bond motifs is 1. The minimum absolute atomic E-state index is 0.0212. The van der Waals surface area contributed by atoms with Gasteiger partial charge in [0.05, 0.1) is 24.2 Å². The van der Waals surface area contributed by atoms with Gasteiger partial charge in [0, 0.05) is 16.6 Å². The molecule has 1 N–H and O–H groups in total. The molecule has 2 heterocycles. The first-order valence-corrected chi connectivity index (χ1v) is 8.97. The Morgan fingerprint density at radius 3 is 2.64 bits per heavy atom. The van der Waals surface area contributed by atoms with Crippen LogP contribution in [0.1, 0.15) is 34.8 Å². The second kappa shape index (κ2) is 7.15. The zero-order valence-corrected chi connectivity index (χ0v) is 15.5. The Morgan fingerprint density at radius 1 is 1.07 bits per heavy atom. The van der Waals surface area contributed by atoms with Crippen LogP contribution in [0.25, 0.3) is 16.5 Å². The molecule has 4 aromatic rings. The fourth-order valence-corrected chi connectivity index (χ4v) is 3.34. The zero-order chi connectivity index (χ0) is 19.7. The molecule has 0 aliphatic rings.